The number of hydrogen-bond acceptors (Lipinski definition) is 4. The van der Waals surface area contributed by atoms with Gasteiger partial charge in [-0.2, -0.15) is 0 Å². The van der Waals surface area contributed by atoms with Crippen LogP contribution in [0.1, 0.15) is 94.3 Å². The Morgan fingerprint density at radius 3 is 1.97 bits per heavy atom. The fraction of sp³-hybridized carbons (Fsp3) is 0.517. The van der Waals surface area contributed by atoms with Gasteiger partial charge in [-0.05, 0) is 57.1 Å². The number of ether oxygens (including phenoxy) is 2. The third-order valence-corrected chi connectivity index (χ3v) is 4.75. The van der Waals surface area contributed by atoms with Crippen molar-refractivity contribution < 1.29 is 19.1 Å². The molecule has 1 rings (SSSR count). The predicted molar refractivity (Wildman–Crippen MR) is 137 cm³/mol. The predicted octanol–water partition coefficient (Wildman–Crippen LogP) is 7.45. The van der Waals surface area contributed by atoms with E-state index in [9.17, 15) is 9.59 Å². The van der Waals surface area contributed by atoms with Crippen molar-refractivity contribution in [2.75, 3.05) is 14.2 Å². The highest BCUT2D eigenvalue weighted by atomic mass is 16.5. The normalized spacial score (nSPS) is 10.3. The highest BCUT2D eigenvalue weighted by Gasteiger charge is 2.00. The van der Waals surface area contributed by atoms with Crippen LogP contribution < -0.4 is 0 Å². The van der Waals surface area contributed by atoms with E-state index in [0.717, 1.165) is 25.7 Å². The number of unbranched alkanes of at least 4 members (excludes halogenated alkanes) is 7. The van der Waals surface area contributed by atoms with Gasteiger partial charge in [0.1, 0.15) is 0 Å². The van der Waals surface area contributed by atoms with Gasteiger partial charge in [-0.3, -0.25) is 4.79 Å². The molecule has 33 heavy (non-hydrogen) atoms. The van der Waals surface area contributed by atoms with Gasteiger partial charge >= 0.3 is 11.9 Å². The van der Waals surface area contributed by atoms with Gasteiger partial charge in [0.05, 0.1) is 19.8 Å². The molecule has 0 aliphatic heterocycles. The maximum atomic E-state index is 10.9. The Kier molecular flexibility index (Phi) is 21.8. The minimum atomic E-state index is -0.291. The average molecular weight is 455 g/mol. The zero-order valence-electron chi connectivity index (χ0n) is 20.8. The Morgan fingerprint density at radius 1 is 0.788 bits per heavy atom. The molecule has 0 aliphatic carbocycles. The molecule has 0 aromatic heterocycles. The Bertz CT molecular complexity index is 723. The lowest BCUT2D eigenvalue weighted by molar-refractivity contribution is -0.140. The van der Waals surface area contributed by atoms with Crippen LogP contribution in [0.25, 0.3) is 0 Å². The molecule has 0 N–H and O–H groups in total. The summed E-state index contributed by atoms with van der Waals surface area (Å²) in [5.74, 6) is 5.76. The maximum Gasteiger partial charge on any atom is 0.337 e. The minimum Gasteiger partial charge on any atom is -0.469 e. The summed E-state index contributed by atoms with van der Waals surface area (Å²) in [6.07, 6.45) is 22.0. The average Bonchev–Trinajstić information content (AvgIpc) is 2.86. The first kappa shape index (κ1) is 30.2. The van der Waals surface area contributed by atoms with E-state index in [2.05, 4.69) is 52.5 Å². The fourth-order valence-corrected chi connectivity index (χ4v) is 2.81. The van der Waals surface area contributed by atoms with Gasteiger partial charge in [0.15, 0.2) is 0 Å². The third-order valence-electron chi connectivity index (χ3n) is 4.75. The number of esters is 2. The lowest BCUT2D eigenvalue weighted by Crippen LogP contribution is -1.99. The zero-order chi connectivity index (χ0) is 24.4. The molecule has 0 unspecified atom stereocenters. The molecule has 0 saturated heterocycles. The largest absolute Gasteiger partial charge is 0.469 e. The van der Waals surface area contributed by atoms with Crippen molar-refractivity contribution in [2.24, 2.45) is 0 Å². The van der Waals surface area contributed by atoms with Crippen LogP contribution in [0.3, 0.4) is 0 Å². The SMILES string of the molecule is CCCCC/C=C\CCCC/C=C\CC#CCCCC(=O)OC.COC(=O)c1ccccc1. The number of methoxy groups -OCH3 is 2. The molecule has 4 nitrogen and oxygen atoms in total. The molecule has 4 heteroatoms. The molecule has 0 radical (unpaired) electrons. The van der Waals surface area contributed by atoms with E-state index in [1.807, 2.05) is 6.07 Å². The number of rotatable bonds is 14. The van der Waals surface area contributed by atoms with E-state index in [4.69, 9.17) is 0 Å². The molecule has 0 atom stereocenters. The Morgan fingerprint density at radius 2 is 1.39 bits per heavy atom. The highest BCUT2D eigenvalue weighted by molar-refractivity contribution is 5.89. The van der Waals surface area contributed by atoms with Crippen LogP contribution in [0, 0.1) is 11.8 Å². The summed E-state index contributed by atoms with van der Waals surface area (Å²) in [4.78, 5) is 21.7. The minimum absolute atomic E-state index is 0.150. The monoisotopic (exact) mass is 454 g/mol. The van der Waals surface area contributed by atoms with Crippen LogP contribution in [-0.4, -0.2) is 26.2 Å². The summed E-state index contributed by atoms with van der Waals surface area (Å²) < 4.78 is 9.07. The quantitative estimate of drug-likeness (QED) is 0.127. The summed E-state index contributed by atoms with van der Waals surface area (Å²) >= 11 is 0. The zero-order valence-corrected chi connectivity index (χ0v) is 20.8. The molecule has 0 fully saturated rings. The molecular formula is C29H42O4. The maximum absolute atomic E-state index is 10.9. The highest BCUT2D eigenvalue weighted by Crippen LogP contribution is 2.05. The van der Waals surface area contributed by atoms with Gasteiger partial charge < -0.3 is 9.47 Å². The number of hydrogen-bond donors (Lipinski definition) is 0. The van der Waals surface area contributed by atoms with Crippen LogP contribution in [0.4, 0.5) is 0 Å². The van der Waals surface area contributed by atoms with E-state index < -0.39 is 0 Å². The first-order valence-electron chi connectivity index (χ1n) is 12.1. The van der Waals surface area contributed by atoms with Crippen LogP contribution in [0.2, 0.25) is 0 Å². The topological polar surface area (TPSA) is 52.6 Å². The first-order valence-corrected chi connectivity index (χ1v) is 12.1. The molecule has 1 aromatic carbocycles. The van der Waals surface area contributed by atoms with E-state index in [1.165, 1.54) is 59.2 Å². The summed E-state index contributed by atoms with van der Waals surface area (Å²) in [6.45, 7) is 2.24. The van der Waals surface area contributed by atoms with Gasteiger partial charge in [-0.15, -0.1) is 5.92 Å². The number of allylic oxidation sites excluding steroid dienone is 4. The molecule has 0 spiro atoms. The van der Waals surface area contributed by atoms with Gasteiger partial charge in [0, 0.05) is 19.3 Å². The van der Waals surface area contributed by atoms with Crippen LogP contribution in [0.15, 0.2) is 54.6 Å². The van der Waals surface area contributed by atoms with Crippen LogP contribution in [0.5, 0.6) is 0 Å². The second-order valence-corrected chi connectivity index (χ2v) is 7.57. The lowest BCUT2D eigenvalue weighted by atomic mass is 10.1. The van der Waals surface area contributed by atoms with Gasteiger partial charge in [0.2, 0.25) is 0 Å². The van der Waals surface area contributed by atoms with Crippen LogP contribution in [-0.2, 0) is 14.3 Å². The standard InChI is InChI=1S/C21H34O2.C8H8O2/c1-3-4-5-6-7-8-9-10-11-12-13-14-15-16-17-18-19-20-21(22)23-2;1-10-8(9)7-5-3-2-4-6-7/h7-8,13-14H,3-6,9-12,15,18-20H2,1-2H3;2-6H,1H3/b8-7-,14-13-;. The van der Waals surface area contributed by atoms with Gasteiger partial charge in [0.25, 0.3) is 0 Å². The van der Waals surface area contributed by atoms with Crippen molar-refractivity contribution >= 4 is 11.9 Å². The smallest absolute Gasteiger partial charge is 0.337 e. The van der Waals surface area contributed by atoms with E-state index >= 15 is 0 Å². The molecule has 0 bridgehead atoms. The number of benzene rings is 1. The van der Waals surface area contributed by atoms with Crippen molar-refractivity contribution in [1.29, 1.82) is 0 Å². The summed E-state index contributed by atoms with van der Waals surface area (Å²) in [7, 11) is 2.79. The van der Waals surface area contributed by atoms with E-state index in [1.54, 1.807) is 24.3 Å². The molecule has 0 saturated carbocycles. The molecule has 0 amide bonds. The van der Waals surface area contributed by atoms with E-state index in [-0.39, 0.29) is 11.9 Å². The summed E-state index contributed by atoms with van der Waals surface area (Å²) in [5, 5.41) is 0. The Hall–Kier alpha value is -2.80. The summed E-state index contributed by atoms with van der Waals surface area (Å²) in [5.41, 5.74) is 0.588. The van der Waals surface area contributed by atoms with Crippen molar-refractivity contribution in [2.45, 2.75) is 84.0 Å². The van der Waals surface area contributed by atoms with Crippen molar-refractivity contribution in [3.05, 3.63) is 60.2 Å². The van der Waals surface area contributed by atoms with Crippen molar-refractivity contribution in [1.82, 2.24) is 0 Å². The third kappa shape index (κ3) is 20.8. The number of carbonyl (C=O) groups is 2. The molecule has 1 aromatic rings. The summed E-state index contributed by atoms with van der Waals surface area (Å²) in [6, 6.07) is 8.88. The number of carbonyl (C=O) groups excluding carboxylic acids is 2. The Labute approximate surface area is 201 Å². The first-order chi connectivity index (χ1) is 16.2. The second-order valence-electron chi connectivity index (χ2n) is 7.57. The second kappa shape index (κ2) is 23.9. The van der Waals surface area contributed by atoms with E-state index in [0.29, 0.717) is 12.0 Å². The van der Waals surface area contributed by atoms with Crippen LogP contribution >= 0.6 is 0 Å². The fourth-order valence-electron chi connectivity index (χ4n) is 2.81. The lowest BCUT2D eigenvalue weighted by Gasteiger charge is -1.95. The van der Waals surface area contributed by atoms with Gasteiger partial charge in [-0.1, -0.05) is 68.2 Å². The molecule has 0 aliphatic rings. The molecule has 182 valence electrons. The van der Waals surface area contributed by atoms with Crippen molar-refractivity contribution in [3.8, 4) is 11.8 Å². The molecular weight excluding hydrogens is 412 g/mol. The molecule has 0 heterocycles. The Balaban J connectivity index is 0.000000843. The van der Waals surface area contributed by atoms with Crippen molar-refractivity contribution in [3.63, 3.8) is 0 Å². The van der Waals surface area contributed by atoms with Gasteiger partial charge in [-0.25, -0.2) is 4.79 Å².